The van der Waals surface area contributed by atoms with Gasteiger partial charge in [0.05, 0.1) is 12.1 Å². The minimum Gasteiger partial charge on any atom is -0.304 e. The summed E-state index contributed by atoms with van der Waals surface area (Å²) < 4.78 is 2.07. The highest BCUT2D eigenvalue weighted by Crippen LogP contribution is 2.39. The number of carbonyl (C=O) groups excluding carboxylic acids is 1. The minimum absolute atomic E-state index is 0.0703. The van der Waals surface area contributed by atoms with E-state index < -0.39 is 6.04 Å². The Morgan fingerprint density at radius 3 is 2.53 bits per heavy atom. The van der Waals surface area contributed by atoms with Crippen LogP contribution in [0.1, 0.15) is 45.7 Å². The summed E-state index contributed by atoms with van der Waals surface area (Å²) in [5, 5.41) is 12.5. The second-order valence-corrected chi connectivity index (χ2v) is 10.6. The van der Waals surface area contributed by atoms with Gasteiger partial charge in [0.15, 0.2) is 5.82 Å². The van der Waals surface area contributed by atoms with E-state index in [0.717, 1.165) is 53.8 Å². The summed E-state index contributed by atoms with van der Waals surface area (Å²) in [6.07, 6.45) is 0.189. The molecule has 34 heavy (non-hydrogen) atoms. The lowest BCUT2D eigenvalue weighted by Crippen LogP contribution is -2.52. The molecule has 1 N–H and O–H groups in total. The Balaban J connectivity index is 1.55. The van der Waals surface area contributed by atoms with Crippen LogP contribution in [0.2, 0.25) is 5.02 Å². The number of likely N-dealkylation sites (N-methyl/N-ethyl adjacent to an activating group) is 1. The molecule has 178 valence electrons. The number of nitrogens with zero attached hydrogens (tertiary/aromatic N) is 6. The summed E-state index contributed by atoms with van der Waals surface area (Å²) in [7, 11) is 2.09. The van der Waals surface area contributed by atoms with E-state index in [1.807, 2.05) is 36.2 Å². The number of rotatable bonds is 4. The summed E-state index contributed by atoms with van der Waals surface area (Å²) >= 11 is 7.88. The van der Waals surface area contributed by atoms with E-state index in [2.05, 4.69) is 46.0 Å². The van der Waals surface area contributed by atoms with E-state index in [4.69, 9.17) is 16.6 Å². The quantitative estimate of drug-likeness (QED) is 0.597. The van der Waals surface area contributed by atoms with Crippen molar-refractivity contribution in [1.82, 2.24) is 30.1 Å². The summed E-state index contributed by atoms with van der Waals surface area (Å²) in [4.78, 5) is 21.7. The Kier molecular flexibility index (Phi) is 6.28. The average molecular weight is 498 g/mol. The van der Waals surface area contributed by atoms with Crippen molar-refractivity contribution in [3.05, 3.63) is 62.5 Å². The van der Waals surface area contributed by atoms with Gasteiger partial charge in [-0.2, -0.15) is 0 Å². The third kappa shape index (κ3) is 4.29. The van der Waals surface area contributed by atoms with Gasteiger partial charge >= 0.3 is 0 Å². The number of hydrazine groups is 1. The van der Waals surface area contributed by atoms with E-state index >= 15 is 0 Å². The summed E-state index contributed by atoms with van der Waals surface area (Å²) in [5.74, 6) is 1.41. The highest BCUT2D eigenvalue weighted by atomic mass is 35.5. The largest absolute Gasteiger partial charge is 0.304 e. The topological polar surface area (TPSA) is 78.7 Å². The standard InChI is InChI=1S/C24H28ClN7OS/c1-14-15(2)34-24-21(14)22(17-5-7-18(25)8-6-17)26-19(23-28-27-16(3)32(23)24)13-20(33)29-31-11-9-30(4)10-12-31/h5-8,19H,9-13H2,1-4H3,(H,29,33). The normalized spacial score (nSPS) is 18.7. The highest BCUT2D eigenvalue weighted by Gasteiger charge is 2.32. The van der Waals surface area contributed by atoms with Crippen LogP contribution in [0.25, 0.3) is 5.00 Å². The number of thiophene rings is 1. The van der Waals surface area contributed by atoms with Crippen molar-refractivity contribution < 1.29 is 4.79 Å². The maximum Gasteiger partial charge on any atom is 0.236 e. The average Bonchev–Trinajstić information content (AvgIpc) is 3.28. The molecule has 10 heteroatoms. The first-order valence-corrected chi connectivity index (χ1v) is 12.6. The number of aliphatic imine (C=N–C) groups is 1. The SMILES string of the molecule is Cc1sc2c(c1C)C(c1ccc(Cl)cc1)=NC(CC(=O)NN1CCN(C)CC1)c1nnc(C)n1-2. The Morgan fingerprint density at radius 1 is 1.12 bits per heavy atom. The van der Waals surface area contributed by atoms with Crippen LogP contribution in [0, 0.1) is 20.8 Å². The molecule has 3 aromatic rings. The zero-order valence-electron chi connectivity index (χ0n) is 19.8. The van der Waals surface area contributed by atoms with Crippen LogP contribution in [0.5, 0.6) is 0 Å². The Morgan fingerprint density at radius 2 is 1.82 bits per heavy atom. The molecule has 2 aromatic heterocycles. The van der Waals surface area contributed by atoms with Gasteiger partial charge in [0.2, 0.25) is 5.91 Å². The molecule has 2 aliphatic heterocycles. The molecule has 1 fully saturated rings. The summed E-state index contributed by atoms with van der Waals surface area (Å²) in [6, 6.07) is 7.26. The molecule has 5 rings (SSSR count). The number of amides is 1. The van der Waals surface area contributed by atoms with Crippen molar-refractivity contribution in [2.75, 3.05) is 33.2 Å². The van der Waals surface area contributed by atoms with Gasteiger partial charge in [0.25, 0.3) is 0 Å². The van der Waals surface area contributed by atoms with Gasteiger partial charge in [0, 0.05) is 47.2 Å². The first kappa shape index (κ1) is 23.2. The molecular weight excluding hydrogens is 470 g/mol. The van der Waals surface area contributed by atoms with Crippen molar-refractivity contribution in [3.63, 3.8) is 0 Å². The van der Waals surface area contributed by atoms with Crippen molar-refractivity contribution in [1.29, 1.82) is 0 Å². The molecule has 1 unspecified atom stereocenters. The fourth-order valence-corrected chi connectivity index (χ4v) is 5.79. The second-order valence-electron chi connectivity index (χ2n) is 8.93. The van der Waals surface area contributed by atoms with Gasteiger partial charge in [0.1, 0.15) is 16.9 Å². The number of carbonyl (C=O) groups is 1. The smallest absolute Gasteiger partial charge is 0.236 e. The molecule has 1 saturated heterocycles. The van der Waals surface area contributed by atoms with Crippen LogP contribution in [0.3, 0.4) is 0 Å². The monoisotopic (exact) mass is 497 g/mol. The van der Waals surface area contributed by atoms with Gasteiger partial charge in [-0.25, -0.2) is 5.01 Å². The number of piperazine rings is 1. The second kappa shape index (κ2) is 9.22. The molecule has 1 amide bonds. The lowest BCUT2D eigenvalue weighted by Gasteiger charge is -2.32. The zero-order valence-corrected chi connectivity index (χ0v) is 21.4. The maximum absolute atomic E-state index is 13.1. The number of fused-ring (bicyclic) bond motifs is 3. The van der Waals surface area contributed by atoms with E-state index in [1.165, 1.54) is 10.4 Å². The highest BCUT2D eigenvalue weighted by molar-refractivity contribution is 7.15. The molecule has 0 bridgehead atoms. The molecule has 0 spiro atoms. The summed E-state index contributed by atoms with van der Waals surface area (Å²) in [5.41, 5.74) is 7.13. The summed E-state index contributed by atoms with van der Waals surface area (Å²) in [6.45, 7) is 9.64. The number of halogens is 1. The first-order valence-electron chi connectivity index (χ1n) is 11.4. The van der Waals surface area contributed by atoms with Gasteiger partial charge in [-0.3, -0.25) is 19.8 Å². The first-order chi connectivity index (χ1) is 16.3. The Hall–Kier alpha value is -2.59. The number of aryl methyl sites for hydroxylation is 2. The zero-order chi connectivity index (χ0) is 24.0. The maximum atomic E-state index is 13.1. The predicted octanol–water partition coefficient (Wildman–Crippen LogP) is 3.47. The fraction of sp³-hybridized carbons (Fsp3) is 0.417. The lowest BCUT2D eigenvalue weighted by atomic mass is 9.99. The molecule has 1 atom stereocenters. The number of hydrogen-bond acceptors (Lipinski definition) is 7. The molecule has 0 radical (unpaired) electrons. The van der Waals surface area contributed by atoms with E-state index in [9.17, 15) is 4.79 Å². The van der Waals surface area contributed by atoms with Crippen LogP contribution in [0.4, 0.5) is 0 Å². The van der Waals surface area contributed by atoms with E-state index in [-0.39, 0.29) is 12.3 Å². The molecule has 0 saturated carbocycles. The van der Waals surface area contributed by atoms with Gasteiger partial charge < -0.3 is 4.90 Å². The minimum atomic E-state index is -0.460. The fourth-order valence-electron chi connectivity index (χ4n) is 4.45. The van der Waals surface area contributed by atoms with E-state index in [1.54, 1.807) is 11.3 Å². The third-order valence-corrected chi connectivity index (χ3v) is 7.97. The van der Waals surface area contributed by atoms with Gasteiger partial charge in [-0.1, -0.05) is 23.7 Å². The number of nitrogens with one attached hydrogen (secondary N) is 1. The van der Waals surface area contributed by atoms with Gasteiger partial charge in [-0.05, 0) is 45.5 Å². The van der Waals surface area contributed by atoms with Crippen molar-refractivity contribution in [2.24, 2.45) is 4.99 Å². The predicted molar refractivity (Wildman–Crippen MR) is 135 cm³/mol. The molecule has 1 aromatic carbocycles. The lowest BCUT2D eigenvalue weighted by molar-refractivity contribution is -0.127. The number of hydrogen-bond donors (Lipinski definition) is 1. The molecule has 2 aliphatic rings. The molecular formula is C24H28ClN7OS. The Labute approximate surface area is 208 Å². The van der Waals surface area contributed by atoms with Crippen LogP contribution in [-0.2, 0) is 4.79 Å². The molecule has 0 aliphatic carbocycles. The van der Waals surface area contributed by atoms with Gasteiger partial charge in [-0.15, -0.1) is 21.5 Å². The van der Waals surface area contributed by atoms with Crippen molar-refractivity contribution in [3.8, 4) is 5.00 Å². The van der Waals surface area contributed by atoms with Crippen molar-refractivity contribution in [2.45, 2.75) is 33.2 Å². The van der Waals surface area contributed by atoms with Crippen LogP contribution >= 0.6 is 22.9 Å². The van der Waals surface area contributed by atoms with Crippen molar-refractivity contribution >= 4 is 34.6 Å². The number of benzene rings is 1. The number of aromatic nitrogens is 3. The Bertz CT molecular complexity index is 1260. The van der Waals surface area contributed by atoms with E-state index in [0.29, 0.717) is 10.8 Å². The van der Waals surface area contributed by atoms with Crippen LogP contribution in [-0.4, -0.2) is 69.5 Å². The van der Waals surface area contributed by atoms with Crippen LogP contribution < -0.4 is 5.43 Å². The van der Waals surface area contributed by atoms with Crippen LogP contribution in [0.15, 0.2) is 29.3 Å². The molecule has 8 nitrogen and oxygen atoms in total. The molecule has 4 heterocycles. The third-order valence-electron chi connectivity index (χ3n) is 6.52.